The lowest BCUT2D eigenvalue weighted by Gasteiger charge is -2.24. The highest BCUT2D eigenvalue weighted by molar-refractivity contribution is 5.95. The summed E-state index contributed by atoms with van der Waals surface area (Å²) in [7, 11) is 0. The first-order chi connectivity index (χ1) is 9.49. The van der Waals surface area contributed by atoms with Gasteiger partial charge >= 0.3 is 0 Å². The number of nitrogens with one attached hydrogen (secondary N) is 1. The minimum absolute atomic E-state index is 0.124. The summed E-state index contributed by atoms with van der Waals surface area (Å²) in [6.45, 7) is 4.61. The number of nitrogens with two attached hydrogens (primary N) is 1. The Balaban J connectivity index is 2.03. The maximum Gasteiger partial charge on any atom is 0.251 e. The highest BCUT2D eigenvalue weighted by Crippen LogP contribution is 2.19. The van der Waals surface area contributed by atoms with Crippen LogP contribution < -0.4 is 11.1 Å². The van der Waals surface area contributed by atoms with Crippen molar-refractivity contribution < 1.29 is 4.79 Å². The molecule has 0 spiro atoms. The van der Waals surface area contributed by atoms with Gasteiger partial charge in [-0.2, -0.15) is 0 Å². The summed E-state index contributed by atoms with van der Waals surface area (Å²) in [5, 5.41) is 2.93. The number of nitrogens with zero attached hydrogens (tertiary/aromatic N) is 1. The second kappa shape index (κ2) is 5.74. The Kier molecular flexibility index (Phi) is 4.03. The molecule has 0 bridgehead atoms. The van der Waals surface area contributed by atoms with Crippen molar-refractivity contribution in [2.45, 2.75) is 19.3 Å². The molecule has 0 aliphatic carbocycles. The Morgan fingerprint density at radius 2 is 2.05 bits per heavy atom. The van der Waals surface area contributed by atoms with Crippen molar-refractivity contribution in [2.75, 3.05) is 12.3 Å². The van der Waals surface area contributed by atoms with E-state index in [2.05, 4.69) is 24.1 Å². The molecule has 0 fully saturated rings. The summed E-state index contributed by atoms with van der Waals surface area (Å²) >= 11 is 0. The molecule has 0 unspecified atom stereocenters. The van der Waals surface area contributed by atoms with Gasteiger partial charge in [0.15, 0.2) is 0 Å². The molecule has 0 radical (unpaired) electrons. The summed E-state index contributed by atoms with van der Waals surface area (Å²) in [5.74, 6) is -0.124. The van der Waals surface area contributed by atoms with Crippen LogP contribution >= 0.6 is 0 Å². The average molecular weight is 269 g/mol. The van der Waals surface area contributed by atoms with Crippen LogP contribution in [0.4, 0.5) is 5.69 Å². The number of aromatic nitrogens is 1. The SMILES string of the molecule is CC(C)(CNC(=O)c1cccc(N)c1)c1ccccn1. The van der Waals surface area contributed by atoms with Crippen LogP contribution in [0.5, 0.6) is 0 Å². The van der Waals surface area contributed by atoms with Gasteiger partial charge in [0.25, 0.3) is 5.91 Å². The molecule has 0 aliphatic heterocycles. The average Bonchev–Trinajstić information content (AvgIpc) is 2.46. The van der Waals surface area contributed by atoms with Gasteiger partial charge in [0, 0.05) is 35.1 Å². The quantitative estimate of drug-likeness (QED) is 0.837. The van der Waals surface area contributed by atoms with Crippen LogP contribution in [-0.4, -0.2) is 17.4 Å². The fraction of sp³-hybridized carbons (Fsp3) is 0.250. The number of nitrogen functional groups attached to an aromatic ring is 1. The van der Waals surface area contributed by atoms with Gasteiger partial charge in [-0.3, -0.25) is 9.78 Å². The van der Waals surface area contributed by atoms with Crippen molar-refractivity contribution in [3.63, 3.8) is 0 Å². The van der Waals surface area contributed by atoms with Crippen molar-refractivity contribution in [3.05, 3.63) is 59.9 Å². The molecule has 0 saturated heterocycles. The van der Waals surface area contributed by atoms with E-state index in [-0.39, 0.29) is 11.3 Å². The molecule has 20 heavy (non-hydrogen) atoms. The third-order valence-corrected chi connectivity index (χ3v) is 3.20. The van der Waals surface area contributed by atoms with E-state index in [9.17, 15) is 4.79 Å². The number of amides is 1. The smallest absolute Gasteiger partial charge is 0.251 e. The maximum absolute atomic E-state index is 12.1. The summed E-state index contributed by atoms with van der Waals surface area (Å²) in [5.41, 5.74) is 7.56. The number of rotatable bonds is 4. The first-order valence-electron chi connectivity index (χ1n) is 6.54. The number of carbonyl (C=O) groups excluding carboxylic acids is 1. The molecule has 2 rings (SSSR count). The van der Waals surface area contributed by atoms with E-state index in [0.29, 0.717) is 17.8 Å². The van der Waals surface area contributed by atoms with Gasteiger partial charge in [0.05, 0.1) is 0 Å². The van der Waals surface area contributed by atoms with Gasteiger partial charge in [0.1, 0.15) is 0 Å². The summed E-state index contributed by atoms with van der Waals surface area (Å²) in [4.78, 5) is 16.4. The lowest BCUT2D eigenvalue weighted by atomic mass is 9.88. The van der Waals surface area contributed by atoms with Crippen molar-refractivity contribution in [3.8, 4) is 0 Å². The van der Waals surface area contributed by atoms with Crippen LogP contribution in [0.1, 0.15) is 29.9 Å². The third kappa shape index (κ3) is 3.35. The second-order valence-corrected chi connectivity index (χ2v) is 5.41. The highest BCUT2D eigenvalue weighted by atomic mass is 16.1. The lowest BCUT2D eigenvalue weighted by Crippen LogP contribution is -2.37. The van der Waals surface area contributed by atoms with Crippen molar-refractivity contribution >= 4 is 11.6 Å². The Bertz CT molecular complexity index is 594. The fourth-order valence-electron chi connectivity index (χ4n) is 1.94. The van der Waals surface area contributed by atoms with Crippen LogP contribution in [0.25, 0.3) is 0 Å². The Morgan fingerprint density at radius 3 is 2.70 bits per heavy atom. The predicted octanol–water partition coefficient (Wildman–Crippen LogP) is 2.37. The van der Waals surface area contributed by atoms with Crippen LogP contribution in [0.2, 0.25) is 0 Å². The molecule has 1 aromatic carbocycles. The van der Waals surface area contributed by atoms with Gasteiger partial charge in [-0.05, 0) is 30.3 Å². The minimum atomic E-state index is -0.225. The van der Waals surface area contributed by atoms with Crippen LogP contribution in [-0.2, 0) is 5.41 Å². The molecule has 2 aromatic rings. The number of pyridine rings is 1. The van der Waals surface area contributed by atoms with Gasteiger partial charge in [0.2, 0.25) is 0 Å². The van der Waals surface area contributed by atoms with E-state index < -0.39 is 0 Å². The molecule has 4 nitrogen and oxygen atoms in total. The normalized spacial score (nSPS) is 11.1. The van der Waals surface area contributed by atoms with E-state index in [1.807, 2.05) is 18.2 Å². The maximum atomic E-state index is 12.1. The molecule has 1 amide bonds. The monoisotopic (exact) mass is 269 g/mol. The zero-order valence-electron chi connectivity index (χ0n) is 11.8. The lowest BCUT2D eigenvalue weighted by molar-refractivity contribution is 0.0945. The molecule has 1 heterocycles. The Morgan fingerprint density at radius 1 is 1.25 bits per heavy atom. The zero-order chi connectivity index (χ0) is 14.6. The third-order valence-electron chi connectivity index (χ3n) is 3.20. The Hall–Kier alpha value is -2.36. The van der Waals surface area contributed by atoms with E-state index in [1.54, 1.807) is 30.5 Å². The molecule has 104 valence electrons. The largest absolute Gasteiger partial charge is 0.399 e. The highest BCUT2D eigenvalue weighted by Gasteiger charge is 2.22. The van der Waals surface area contributed by atoms with E-state index in [0.717, 1.165) is 5.69 Å². The van der Waals surface area contributed by atoms with Crippen molar-refractivity contribution in [1.82, 2.24) is 10.3 Å². The van der Waals surface area contributed by atoms with Gasteiger partial charge in [-0.15, -0.1) is 0 Å². The summed E-state index contributed by atoms with van der Waals surface area (Å²) in [6.07, 6.45) is 1.76. The zero-order valence-corrected chi connectivity index (χ0v) is 11.8. The first kappa shape index (κ1) is 14.1. The number of hydrogen-bond acceptors (Lipinski definition) is 3. The Labute approximate surface area is 119 Å². The minimum Gasteiger partial charge on any atom is -0.399 e. The second-order valence-electron chi connectivity index (χ2n) is 5.41. The molecule has 3 N–H and O–H groups in total. The summed E-state index contributed by atoms with van der Waals surface area (Å²) in [6, 6.07) is 12.7. The molecular weight excluding hydrogens is 250 g/mol. The van der Waals surface area contributed by atoms with Crippen molar-refractivity contribution in [1.29, 1.82) is 0 Å². The topological polar surface area (TPSA) is 68.0 Å². The number of anilines is 1. The van der Waals surface area contributed by atoms with Crippen LogP contribution in [0.15, 0.2) is 48.7 Å². The van der Waals surface area contributed by atoms with E-state index in [4.69, 9.17) is 5.73 Å². The molecule has 0 saturated carbocycles. The number of carbonyl (C=O) groups is 1. The fourth-order valence-corrected chi connectivity index (χ4v) is 1.94. The van der Waals surface area contributed by atoms with Crippen LogP contribution in [0.3, 0.4) is 0 Å². The molecule has 0 aliphatic rings. The number of hydrogen-bond donors (Lipinski definition) is 2. The molecule has 1 aromatic heterocycles. The first-order valence-corrected chi connectivity index (χ1v) is 6.54. The summed E-state index contributed by atoms with van der Waals surface area (Å²) < 4.78 is 0. The molecule has 4 heteroatoms. The van der Waals surface area contributed by atoms with Gasteiger partial charge in [-0.1, -0.05) is 26.0 Å². The predicted molar refractivity (Wildman–Crippen MR) is 80.5 cm³/mol. The van der Waals surface area contributed by atoms with E-state index >= 15 is 0 Å². The standard InChI is InChI=1S/C16H19N3O/c1-16(2,14-8-3-4-9-18-14)11-19-15(20)12-6-5-7-13(17)10-12/h3-10H,11,17H2,1-2H3,(H,19,20). The van der Waals surface area contributed by atoms with Gasteiger partial charge < -0.3 is 11.1 Å². The van der Waals surface area contributed by atoms with Gasteiger partial charge in [-0.25, -0.2) is 0 Å². The van der Waals surface area contributed by atoms with Crippen molar-refractivity contribution in [2.24, 2.45) is 0 Å². The number of benzene rings is 1. The van der Waals surface area contributed by atoms with E-state index in [1.165, 1.54) is 0 Å². The molecular formula is C16H19N3O. The van der Waals surface area contributed by atoms with Crippen LogP contribution in [0, 0.1) is 0 Å². The molecule has 0 atom stereocenters.